The summed E-state index contributed by atoms with van der Waals surface area (Å²) in [5, 5.41) is 0.471. The average molecular weight is 540 g/mol. The van der Waals surface area contributed by atoms with Gasteiger partial charge in [0.2, 0.25) is 0 Å². The molecule has 1 aliphatic rings. The van der Waals surface area contributed by atoms with Crippen molar-refractivity contribution in [2.75, 3.05) is 26.2 Å². The van der Waals surface area contributed by atoms with Gasteiger partial charge in [0.15, 0.2) is 0 Å². The van der Waals surface area contributed by atoms with Crippen LogP contribution in [-0.4, -0.2) is 39.5 Å². The standard InChI is InChI=1S/C29H30ClNO7/c1-6-21-22(8-7-9-25(21)35-4)27-23-14-19(30)11-13-24(23)31(28(33)29(38-27)37-17(2)32)16-18-10-12-20(34-3)15-26(18)36-5/h7-15,27,29H,6,16H2,1-5H3/t27-,29+/m0/s1. The summed E-state index contributed by atoms with van der Waals surface area (Å²) in [5.74, 6) is 0.668. The molecule has 38 heavy (non-hydrogen) atoms. The van der Waals surface area contributed by atoms with Gasteiger partial charge in [-0.05, 0) is 53.9 Å². The molecule has 0 bridgehead atoms. The number of benzene rings is 3. The van der Waals surface area contributed by atoms with Crippen molar-refractivity contribution in [3.63, 3.8) is 0 Å². The molecule has 0 saturated carbocycles. The van der Waals surface area contributed by atoms with E-state index in [1.54, 1.807) is 51.7 Å². The molecule has 0 unspecified atom stereocenters. The molecule has 1 aliphatic heterocycles. The second kappa shape index (κ2) is 11.8. The van der Waals surface area contributed by atoms with Crippen molar-refractivity contribution in [1.29, 1.82) is 0 Å². The highest BCUT2D eigenvalue weighted by molar-refractivity contribution is 6.30. The first-order valence-corrected chi connectivity index (χ1v) is 12.5. The topological polar surface area (TPSA) is 83.5 Å². The first-order chi connectivity index (χ1) is 18.3. The van der Waals surface area contributed by atoms with Crippen LogP contribution >= 0.6 is 11.6 Å². The molecule has 0 N–H and O–H groups in total. The van der Waals surface area contributed by atoms with Crippen molar-refractivity contribution in [1.82, 2.24) is 0 Å². The van der Waals surface area contributed by atoms with Gasteiger partial charge >= 0.3 is 5.97 Å². The highest BCUT2D eigenvalue weighted by Gasteiger charge is 2.39. The Bertz CT molecular complexity index is 1340. The van der Waals surface area contributed by atoms with Crippen LogP contribution in [0.5, 0.6) is 17.2 Å². The Morgan fingerprint density at radius 1 is 0.974 bits per heavy atom. The van der Waals surface area contributed by atoms with E-state index >= 15 is 0 Å². The minimum absolute atomic E-state index is 0.118. The number of hydrogen-bond donors (Lipinski definition) is 0. The predicted octanol–water partition coefficient (Wildman–Crippen LogP) is 5.47. The van der Waals surface area contributed by atoms with Crippen LogP contribution in [0, 0.1) is 0 Å². The number of esters is 1. The van der Waals surface area contributed by atoms with E-state index in [9.17, 15) is 9.59 Å². The van der Waals surface area contributed by atoms with Crippen molar-refractivity contribution >= 4 is 29.2 Å². The van der Waals surface area contributed by atoms with Gasteiger partial charge in [-0.2, -0.15) is 0 Å². The maximum Gasteiger partial charge on any atom is 0.305 e. The maximum absolute atomic E-state index is 13.9. The van der Waals surface area contributed by atoms with Crippen molar-refractivity contribution in [2.45, 2.75) is 39.2 Å². The quantitative estimate of drug-likeness (QED) is 0.351. The molecule has 0 aliphatic carbocycles. The van der Waals surface area contributed by atoms with Gasteiger partial charge < -0.3 is 28.6 Å². The third-order valence-corrected chi connectivity index (χ3v) is 6.65. The predicted molar refractivity (Wildman–Crippen MR) is 143 cm³/mol. The number of carbonyl (C=O) groups excluding carboxylic acids is 2. The Hall–Kier alpha value is -3.75. The van der Waals surface area contributed by atoms with Crippen LogP contribution in [0.4, 0.5) is 5.69 Å². The Labute approximate surface area is 227 Å². The van der Waals surface area contributed by atoms with Crippen LogP contribution in [0.2, 0.25) is 5.02 Å². The molecule has 200 valence electrons. The van der Waals surface area contributed by atoms with Crippen LogP contribution in [0.15, 0.2) is 54.6 Å². The number of fused-ring (bicyclic) bond motifs is 1. The molecule has 1 heterocycles. The molecule has 2 atom stereocenters. The summed E-state index contributed by atoms with van der Waals surface area (Å²) in [7, 11) is 4.72. The van der Waals surface area contributed by atoms with Crippen LogP contribution in [-0.2, 0) is 32.0 Å². The van der Waals surface area contributed by atoms with E-state index in [1.165, 1.54) is 11.8 Å². The number of hydrogen-bond acceptors (Lipinski definition) is 7. The van der Waals surface area contributed by atoms with Gasteiger partial charge in [0.05, 0.1) is 33.6 Å². The zero-order valence-electron chi connectivity index (χ0n) is 21.9. The summed E-state index contributed by atoms with van der Waals surface area (Å²) in [6.45, 7) is 3.36. The second-order valence-electron chi connectivity index (χ2n) is 8.64. The molecule has 0 aromatic heterocycles. The van der Waals surface area contributed by atoms with Gasteiger partial charge in [0, 0.05) is 29.1 Å². The number of rotatable bonds is 8. The SMILES string of the molecule is CCc1c(OC)cccc1[C@@H]1O[C@@H](OC(C)=O)C(=O)N(Cc2ccc(OC)cc2OC)c2ccc(Cl)cc21. The summed E-state index contributed by atoms with van der Waals surface area (Å²) >= 11 is 6.46. The molecule has 0 radical (unpaired) electrons. The summed E-state index contributed by atoms with van der Waals surface area (Å²) < 4.78 is 28.2. The molecule has 3 aromatic carbocycles. The summed E-state index contributed by atoms with van der Waals surface area (Å²) in [6, 6.07) is 16.2. The maximum atomic E-state index is 13.9. The van der Waals surface area contributed by atoms with Crippen molar-refractivity contribution < 1.29 is 33.3 Å². The molecule has 0 fully saturated rings. The van der Waals surface area contributed by atoms with Crippen LogP contribution in [0.25, 0.3) is 0 Å². The van der Waals surface area contributed by atoms with E-state index in [-0.39, 0.29) is 6.54 Å². The van der Waals surface area contributed by atoms with E-state index in [0.29, 0.717) is 39.9 Å². The molecule has 4 rings (SSSR count). The second-order valence-corrected chi connectivity index (χ2v) is 9.08. The fourth-order valence-corrected chi connectivity index (χ4v) is 4.85. The largest absolute Gasteiger partial charge is 0.497 e. The first kappa shape index (κ1) is 27.3. The van der Waals surface area contributed by atoms with Gasteiger partial charge in [0.25, 0.3) is 12.2 Å². The number of methoxy groups -OCH3 is 3. The lowest BCUT2D eigenvalue weighted by molar-refractivity contribution is -0.188. The smallest absolute Gasteiger partial charge is 0.305 e. The van der Waals surface area contributed by atoms with Crippen LogP contribution < -0.4 is 19.1 Å². The minimum atomic E-state index is -1.50. The Kier molecular flexibility index (Phi) is 8.44. The van der Waals surface area contributed by atoms with Crippen molar-refractivity contribution in [3.05, 3.63) is 81.9 Å². The first-order valence-electron chi connectivity index (χ1n) is 12.1. The lowest BCUT2D eigenvalue weighted by Gasteiger charge is -2.25. The van der Waals surface area contributed by atoms with E-state index in [1.807, 2.05) is 31.2 Å². The highest BCUT2D eigenvalue weighted by atomic mass is 35.5. The van der Waals surface area contributed by atoms with Crippen LogP contribution in [0.3, 0.4) is 0 Å². The van der Waals surface area contributed by atoms with Gasteiger partial charge in [0.1, 0.15) is 23.4 Å². The number of halogens is 1. The molecular formula is C29H30ClNO7. The normalized spacial score (nSPS) is 16.9. The monoisotopic (exact) mass is 539 g/mol. The molecule has 9 heteroatoms. The van der Waals surface area contributed by atoms with Gasteiger partial charge in [-0.1, -0.05) is 30.7 Å². The van der Waals surface area contributed by atoms with Crippen LogP contribution in [0.1, 0.15) is 42.2 Å². The van der Waals surface area contributed by atoms with E-state index < -0.39 is 24.3 Å². The van der Waals surface area contributed by atoms with Crippen molar-refractivity contribution in [2.24, 2.45) is 0 Å². The van der Waals surface area contributed by atoms with Gasteiger partial charge in [-0.15, -0.1) is 0 Å². The van der Waals surface area contributed by atoms with E-state index in [4.69, 9.17) is 35.3 Å². The molecule has 8 nitrogen and oxygen atoms in total. The summed E-state index contributed by atoms with van der Waals surface area (Å²) in [6.07, 6.45) is -1.62. The number of amides is 1. The molecule has 0 spiro atoms. The van der Waals surface area contributed by atoms with Gasteiger partial charge in [-0.25, -0.2) is 0 Å². The van der Waals surface area contributed by atoms with Crippen molar-refractivity contribution in [3.8, 4) is 17.2 Å². The summed E-state index contributed by atoms with van der Waals surface area (Å²) in [5.41, 5.74) is 3.63. The number of anilines is 1. The van der Waals surface area contributed by atoms with Gasteiger partial charge in [-0.3, -0.25) is 9.59 Å². The Morgan fingerprint density at radius 2 is 1.74 bits per heavy atom. The molecule has 1 amide bonds. The van der Waals surface area contributed by atoms with E-state index in [0.717, 1.165) is 16.7 Å². The highest BCUT2D eigenvalue weighted by Crippen LogP contribution is 2.43. The molecule has 0 saturated heterocycles. The zero-order chi connectivity index (χ0) is 27.4. The number of ether oxygens (including phenoxy) is 5. The Balaban J connectivity index is 1.91. The zero-order valence-corrected chi connectivity index (χ0v) is 22.7. The molecule has 3 aromatic rings. The third-order valence-electron chi connectivity index (χ3n) is 6.41. The van der Waals surface area contributed by atoms with E-state index in [2.05, 4.69) is 0 Å². The molecular weight excluding hydrogens is 510 g/mol. The average Bonchev–Trinajstić information content (AvgIpc) is 3.02. The Morgan fingerprint density at radius 3 is 2.39 bits per heavy atom. The lowest BCUT2D eigenvalue weighted by Crippen LogP contribution is -2.41. The minimum Gasteiger partial charge on any atom is -0.497 e. The number of nitrogens with zero attached hydrogens (tertiary/aromatic N) is 1. The fraction of sp³-hybridized carbons (Fsp3) is 0.310. The summed E-state index contributed by atoms with van der Waals surface area (Å²) in [4.78, 5) is 27.5. The third kappa shape index (κ3) is 5.42. The lowest BCUT2D eigenvalue weighted by atomic mass is 9.93. The fourth-order valence-electron chi connectivity index (χ4n) is 4.67. The number of carbonyl (C=O) groups is 2.